The lowest BCUT2D eigenvalue weighted by Crippen LogP contribution is -2.35. The second-order valence-corrected chi connectivity index (χ2v) is 3.88. The summed E-state index contributed by atoms with van der Waals surface area (Å²) in [4.78, 5) is 0. The molecule has 1 aliphatic heterocycles. The zero-order valence-corrected chi connectivity index (χ0v) is 9.83. The van der Waals surface area contributed by atoms with Gasteiger partial charge in [-0.15, -0.1) is 0 Å². The Morgan fingerprint density at radius 2 is 2.31 bits per heavy atom. The predicted molar refractivity (Wildman–Crippen MR) is 66.2 cm³/mol. The van der Waals surface area contributed by atoms with Crippen LogP contribution < -0.4 is 11.1 Å². The fourth-order valence-corrected chi connectivity index (χ4v) is 1.48. The van der Waals surface area contributed by atoms with E-state index in [-0.39, 0.29) is 11.9 Å². The van der Waals surface area contributed by atoms with Crippen LogP contribution in [0.4, 0.5) is 4.39 Å². The highest BCUT2D eigenvalue weighted by Gasteiger charge is 2.15. The Bertz CT molecular complexity index is 351. The van der Waals surface area contributed by atoms with Gasteiger partial charge in [-0.05, 0) is 25.5 Å². The SMILES string of the molecule is CC/C=C\C=C(\F)CC1NC(N)=CC=C1C. The Morgan fingerprint density at radius 3 is 3.00 bits per heavy atom. The van der Waals surface area contributed by atoms with Crippen LogP contribution in [0.3, 0.4) is 0 Å². The molecule has 0 aromatic heterocycles. The van der Waals surface area contributed by atoms with Crippen molar-refractivity contribution in [3.8, 4) is 0 Å². The van der Waals surface area contributed by atoms with Crippen molar-refractivity contribution in [3.63, 3.8) is 0 Å². The molecule has 0 spiro atoms. The maximum absolute atomic E-state index is 13.5. The van der Waals surface area contributed by atoms with Crippen molar-refractivity contribution in [2.24, 2.45) is 5.73 Å². The lowest BCUT2D eigenvalue weighted by Gasteiger charge is -2.23. The van der Waals surface area contributed by atoms with Crippen LogP contribution in [-0.2, 0) is 0 Å². The quantitative estimate of drug-likeness (QED) is 0.718. The van der Waals surface area contributed by atoms with Gasteiger partial charge in [-0.1, -0.05) is 30.7 Å². The molecule has 3 N–H and O–H groups in total. The van der Waals surface area contributed by atoms with Crippen molar-refractivity contribution < 1.29 is 4.39 Å². The van der Waals surface area contributed by atoms with E-state index in [0.29, 0.717) is 12.2 Å². The second-order valence-electron chi connectivity index (χ2n) is 3.88. The van der Waals surface area contributed by atoms with Crippen molar-refractivity contribution in [1.82, 2.24) is 5.32 Å². The van der Waals surface area contributed by atoms with Crippen molar-refractivity contribution in [2.75, 3.05) is 0 Å². The zero-order chi connectivity index (χ0) is 12.0. The molecule has 2 nitrogen and oxygen atoms in total. The smallest absolute Gasteiger partial charge is 0.102 e. The Kier molecular flexibility index (Phi) is 4.83. The topological polar surface area (TPSA) is 38.0 Å². The molecule has 88 valence electrons. The van der Waals surface area contributed by atoms with Gasteiger partial charge in [0.25, 0.3) is 0 Å². The van der Waals surface area contributed by atoms with Gasteiger partial charge in [-0.25, -0.2) is 4.39 Å². The van der Waals surface area contributed by atoms with Crippen LogP contribution in [0.1, 0.15) is 26.7 Å². The minimum atomic E-state index is -0.135. The minimum Gasteiger partial charge on any atom is -0.386 e. The van der Waals surface area contributed by atoms with E-state index >= 15 is 0 Å². The van der Waals surface area contributed by atoms with E-state index in [2.05, 4.69) is 5.32 Å². The summed E-state index contributed by atoms with van der Waals surface area (Å²) < 4.78 is 13.5. The summed E-state index contributed by atoms with van der Waals surface area (Å²) in [5.74, 6) is 0.456. The number of halogens is 1. The predicted octanol–water partition coefficient (Wildman–Crippen LogP) is 2.91. The molecule has 1 rings (SSSR count). The standard InChI is InChI=1S/C13H19FN2/c1-3-4-5-6-11(14)9-12-10(2)7-8-13(15)16-12/h4-8,12,16H,3,9,15H2,1-2H3/b5-4-,11-6+. The van der Waals surface area contributed by atoms with Gasteiger partial charge in [0.15, 0.2) is 0 Å². The summed E-state index contributed by atoms with van der Waals surface area (Å²) in [7, 11) is 0. The van der Waals surface area contributed by atoms with E-state index in [4.69, 9.17) is 5.73 Å². The van der Waals surface area contributed by atoms with Crippen LogP contribution in [0.15, 0.2) is 47.6 Å². The molecule has 0 bridgehead atoms. The molecule has 1 atom stereocenters. The highest BCUT2D eigenvalue weighted by Crippen LogP contribution is 2.17. The fourth-order valence-electron chi connectivity index (χ4n) is 1.48. The van der Waals surface area contributed by atoms with Gasteiger partial charge in [0, 0.05) is 6.42 Å². The number of rotatable bonds is 4. The first-order valence-electron chi connectivity index (χ1n) is 5.55. The third kappa shape index (κ3) is 3.93. The van der Waals surface area contributed by atoms with Gasteiger partial charge in [-0.3, -0.25) is 0 Å². The maximum Gasteiger partial charge on any atom is 0.102 e. The molecule has 0 aliphatic carbocycles. The Morgan fingerprint density at radius 1 is 1.56 bits per heavy atom. The summed E-state index contributed by atoms with van der Waals surface area (Å²) in [6.07, 6.45) is 10.1. The molecule has 0 saturated carbocycles. The van der Waals surface area contributed by atoms with Crippen LogP contribution in [0.5, 0.6) is 0 Å². The normalized spacial score (nSPS) is 21.7. The molecule has 0 radical (unpaired) electrons. The number of hydrogen-bond acceptors (Lipinski definition) is 2. The van der Waals surface area contributed by atoms with Crippen molar-refractivity contribution >= 4 is 0 Å². The molecule has 0 fully saturated rings. The molecule has 3 heteroatoms. The van der Waals surface area contributed by atoms with Crippen LogP contribution in [0, 0.1) is 0 Å². The monoisotopic (exact) mass is 222 g/mol. The van der Waals surface area contributed by atoms with Gasteiger partial charge >= 0.3 is 0 Å². The van der Waals surface area contributed by atoms with Crippen LogP contribution in [0.25, 0.3) is 0 Å². The second kappa shape index (κ2) is 6.16. The van der Waals surface area contributed by atoms with Gasteiger partial charge in [0.2, 0.25) is 0 Å². The number of nitrogens with two attached hydrogens (primary N) is 1. The van der Waals surface area contributed by atoms with Crippen LogP contribution in [0.2, 0.25) is 0 Å². The first-order chi connectivity index (χ1) is 7.63. The van der Waals surface area contributed by atoms with Crippen molar-refractivity contribution in [2.45, 2.75) is 32.7 Å². The van der Waals surface area contributed by atoms with E-state index in [1.54, 1.807) is 12.2 Å². The lowest BCUT2D eigenvalue weighted by molar-refractivity contribution is 0.520. The molecule has 1 aliphatic rings. The van der Waals surface area contributed by atoms with Crippen LogP contribution in [-0.4, -0.2) is 6.04 Å². The van der Waals surface area contributed by atoms with Crippen LogP contribution >= 0.6 is 0 Å². The summed E-state index contributed by atoms with van der Waals surface area (Å²) in [5, 5.41) is 3.05. The third-order valence-corrected chi connectivity index (χ3v) is 2.46. The fraction of sp³-hybridized carbons (Fsp3) is 0.385. The van der Waals surface area contributed by atoms with Crippen molar-refractivity contribution in [3.05, 3.63) is 47.6 Å². The molecule has 0 amide bonds. The summed E-state index contributed by atoms with van der Waals surface area (Å²) in [5.41, 5.74) is 6.73. The number of dihydropyridines is 1. The molecule has 0 saturated heterocycles. The summed E-state index contributed by atoms with van der Waals surface area (Å²) in [6, 6.07) is -0.0312. The first kappa shape index (κ1) is 12.6. The van der Waals surface area contributed by atoms with E-state index < -0.39 is 0 Å². The average molecular weight is 222 g/mol. The number of hydrogen-bond donors (Lipinski definition) is 2. The summed E-state index contributed by atoms with van der Waals surface area (Å²) >= 11 is 0. The van der Waals surface area contributed by atoms with Crippen molar-refractivity contribution in [1.29, 1.82) is 0 Å². The molecule has 0 aromatic carbocycles. The van der Waals surface area contributed by atoms with Gasteiger partial charge in [0.1, 0.15) is 5.83 Å². The van der Waals surface area contributed by atoms with E-state index in [0.717, 1.165) is 12.0 Å². The lowest BCUT2D eigenvalue weighted by atomic mass is 10.0. The number of nitrogens with one attached hydrogen (secondary N) is 1. The van der Waals surface area contributed by atoms with E-state index in [9.17, 15) is 4.39 Å². The largest absolute Gasteiger partial charge is 0.386 e. The van der Waals surface area contributed by atoms with Gasteiger partial charge in [-0.2, -0.15) is 0 Å². The molecule has 0 aromatic rings. The number of allylic oxidation sites excluding steroid dienone is 5. The highest BCUT2D eigenvalue weighted by atomic mass is 19.1. The molecular formula is C13H19FN2. The maximum atomic E-state index is 13.5. The van der Waals surface area contributed by atoms with E-state index in [1.807, 2.05) is 26.0 Å². The molecule has 16 heavy (non-hydrogen) atoms. The third-order valence-electron chi connectivity index (χ3n) is 2.46. The molecule has 1 unspecified atom stereocenters. The van der Waals surface area contributed by atoms with Gasteiger partial charge in [0.05, 0.1) is 11.9 Å². The molecular weight excluding hydrogens is 203 g/mol. The zero-order valence-electron chi connectivity index (χ0n) is 9.83. The Hall–Kier alpha value is -1.51. The Balaban J connectivity index is 2.55. The Labute approximate surface area is 96.4 Å². The molecule has 1 heterocycles. The summed E-state index contributed by atoms with van der Waals surface area (Å²) in [6.45, 7) is 3.99. The first-order valence-corrected chi connectivity index (χ1v) is 5.55. The van der Waals surface area contributed by atoms with Gasteiger partial charge < -0.3 is 11.1 Å². The highest BCUT2D eigenvalue weighted by molar-refractivity contribution is 5.26. The minimum absolute atomic E-state index is 0.0312. The average Bonchev–Trinajstić information content (AvgIpc) is 2.24. The van der Waals surface area contributed by atoms with E-state index in [1.165, 1.54) is 6.08 Å².